The van der Waals surface area contributed by atoms with Crippen LogP contribution in [0.25, 0.3) is 10.4 Å². The van der Waals surface area contributed by atoms with Crippen LogP contribution in [0.15, 0.2) is 24.4 Å². The Labute approximate surface area is 173 Å². The van der Waals surface area contributed by atoms with Gasteiger partial charge in [-0.2, -0.15) is 5.26 Å². The zero-order chi connectivity index (χ0) is 20.3. The van der Waals surface area contributed by atoms with Crippen LogP contribution >= 0.6 is 11.3 Å². The molecule has 1 aromatic heterocycles. The van der Waals surface area contributed by atoms with Crippen LogP contribution in [-0.4, -0.2) is 29.0 Å². The first kappa shape index (κ1) is 18.7. The summed E-state index contributed by atoms with van der Waals surface area (Å²) >= 11 is 1.51. The van der Waals surface area contributed by atoms with Crippen LogP contribution < -0.4 is 10.6 Å². The minimum Gasteiger partial charge on any atom is -0.339 e. The number of nitrogens with one attached hydrogen (secondary N) is 2. The van der Waals surface area contributed by atoms with Gasteiger partial charge in [-0.1, -0.05) is 19.1 Å². The molecule has 2 N–H and O–H groups in total. The number of aromatic nitrogens is 1. The van der Waals surface area contributed by atoms with Crippen LogP contribution in [0.4, 0.5) is 4.39 Å². The summed E-state index contributed by atoms with van der Waals surface area (Å²) in [5.74, 6) is 1.96. The maximum Gasteiger partial charge on any atom is 0.238 e. The third-order valence-electron chi connectivity index (χ3n) is 6.96. The Morgan fingerprint density at radius 3 is 2.97 bits per heavy atom. The number of thiazole rings is 1. The molecule has 2 aliphatic carbocycles. The number of halogens is 1. The number of nitriles is 1. The number of hydrogen-bond acceptors (Lipinski definition) is 5. The van der Waals surface area contributed by atoms with Crippen LogP contribution in [0.2, 0.25) is 0 Å². The van der Waals surface area contributed by atoms with Crippen molar-refractivity contribution in [2.75, 3.05) is 0 Å². The number of aryl methyl sites for hydroxylation is 1. The van der Waals surface area contributed by atoms with E-state index < -0.39 is 6.04 Å². The number of piperidine rings is 1. The maximum atomic E-state index is 14.6. The van der Waals surface area contributed by atoms with E-state index in [9.17, 15) is 14.4 Å². The number of rotatable bonds is 5. The zero-order valence-corrected chi connectivity index (χ0v) is 17.2. The van der Waals surface area contributed by atoms with Gasteiger partial charge >= 0.3 is 0 Å². The molecule has 1 amide bonds. The number of amides is 1. The van der Waals surface area contributed by atoms with Gasteiger partial charge in [0.05, 0.1) is 22.0 Å². The molecule has 3 aliphatic rings. The highest BCUT2D eigenvalue weighted by Gasteiger charge is 2.67. The van der Waals surface area contributed by atoms with Crippen LogP contribution in [0.5, 0.6) is 0 Å². The van der Waals surface area contributed by atoms with E-state index in [0.29, 0.717) is 29.4 Å². The quantitative estimate of drug-likeness (QED) is 0.794. The Balaban J connectivity index is 1.25. The van der Waals surface area contributed by atoms with Gasteiger partial charge in [0.2, 0.25) is 5.91 Å². The Kier molecular flexibility index (Phi) is 4.45. The van der Waals surface area contributed by atoms with E-state index in [1.54, 1.807) is 12.3 Å². The largest absolute Gasteiger partial charge is 0.339 e. The SMILES string of the molecule is Cc1ncc(-c2ccc(C[C@@H](C#N)NC(=O)[C@H]3N[C@H]4C[C@@H]3[C@@H]3[C@H](C)[C@@H]34)c(F)c2)s1. The van der Waals surface area contributed by atoms with Gasteiger partial charge in [-0.05, 0) is 54.2 Å². The molecule has 5 nitrogen and oxygen atoms in total. The lowest BCUT2D eigenvalue weighted by Gasteiger charge is -2.23. The van der Waals surface area contributed by atoms with Gasteiger partial charge in [-0.25, -0.2) is 9.37 Å². The smallest absolute Gasteiger partial charge is 0.238 e. The molecular weight excluding hydrogens is 387 g/mol. The topological polar surface area (TPSA) is 77.8 Å². The second-order valence-corrected chi connectivity index (χ2v) is 9.84. The fourth-order valence-corrected chi connectivity index (χ4v) is 6.35. The average molecular weight is 411 g/mol. The average Bonchev–Trinajstić information content (AvgIpc) is 3.10. The van der Waals surface area contributed by atoms with Gasteiger partial charge < -0.3 is 10.6 Å². The molecule has 2 bridgehead atoms. The monoisotopic (exact) mass is 410 g/mol. The number of nitrogens with zero attached hydrogens (tertiary/aromatic N) is 2. The number of fused-ring (bicyclic) bond motifs is 5. The Morgan fingerprint density at radius 2 is 2.31 bits per heavy atom. The molecule has 7 atom stereocenters. The van der Waals surface area contributed by atoms with Crippen molar-refractivity contribution in [2.45, 2.75) is 44.8 Å². The third kappa shape index (κ3) is 3.15. The molecule has 0 radical (unpaired) electrons. The van der Waals surface area contributed by atoms with E-state index in [-0.39, 0.29) is 24.2 Å². The van der Waals surface area contributed by atoms with Crippen molar-refractivity contribution in [3.8, 4) is 16.5 Å². The summed E-state index contributed by atoms with van der Waals surface area (Å²) in [7, 11) is 0. The van der Waals surface area contributed by atoms with Gasteiger partial charge in [0, 0.05) is 18.7 Å². The maximum absolute atomic E-state index is 14.6. The van der Waals surface area contributed by atoms with Crippen molar-refractivity contribution in [3.63, 3.8) is 0 Å². The highest BCUT2D eigenvalue weighted by atomic mass is 32.1. The molecule has 1 saturated heterocycles. The standard InChI is InChI=1S/C22H23FN4OS/c1-10-19-15-7-17(20(10)19)27-21(15)22(28)26-14(8-24)5-12-3-4-13(6-16(12)23)18-9-25-11(2)29-18/h3-4,6,9-10,14-15,17,19-21,27H,5,7H2,1-2H3,(H,26,28)/t10-,14-,15+,17-,19-,20+,21-/m0/s1. The van der Waals surface area contributed by atoms with E-state index in [1.807, 2.05) is 13.0 Å². The van der Waals surface area contributed by atoms with E-state index in [4.69, 9.17) is 0 Å². The van der Waals surface area contributed by atoms with Gasteiger partial charge in [0.25, 0.3) is 0 Å². The lowest BCUT2D eigenvalue weighted by Crippen LogP contribution is -2.51. The molecule has 1 aromatic carbocycles. The van der Waals surface area contributed by atoms with E-state index >= 15 is 0 Å². The van der Waals surface area contributed by atoms with Gasteiger partial charge in [-0.15, -0.1) is 11.3 Å². The molecule has 29 heavy (non-hydrogen) atoms. The molecular formula is C22H23FN4OS. The Morgan fingerprint density at radius 1 is 1.48 bits per heavy atom. The zero-order valence-electron chi connectivity index (χ0n) is 16.4. The Hall–Kier alpha value is -2.30. The van der Waals surface area contributed by atoms with E-state index in [0.717, 1.165) is 27.8 Å². The molecule has 2 heterocycles. The number of hydrogen-bond donors (Lipinski definition) is 2. The molecule has 0 unspecified atom stereocenters. The summed E-state index contributed by atoms with van der Waals surface area (Å²) in [6, 6.07) is 6.61. The molecule has 1 aliphatic heterocycles. The number of carbonyl (C=O) groups is 1. The number of benzene rings is 1. The summed E-state index contributed by atoms with van der Waals surface area (Å²) in [5.41, 5.74) is 1.20. The lowest BCUT2D eigenvalue weighted by atomic mass is 9.94. The second kappa shape index (κ2) is 6.89. The summed E-state index contributed by atoms with van der Waals surface area (Å²) in [5, 5.41) is 16.7. The molecule has 7 heteroatoms. The second-order valence-electron chi connectivity index (χ2n) is 8.61. The molecule has 150 valence electrons. The van der Waals surface area contributed by atoms with Crippen molar-refractivity contribution in [2.24, 2.45) is 23.7 Å². The van der Waals surface area contributed by atoms with Crippen molar-refractivity contribution in [3.05, 3.63) is 40.8 Å². The molecule has 0 spiro atoms. The fraction of sp³-hybridized carbons (Fsp3) is 0.500. The molecule has 2 aromatic rings. The van der Waals surface area contributed by atoms with Crippen molar-refractivity contribution in [1.29, 1.82) is 5.26 Å². The molecule has 3 fully saturated rings. The van der Waals surface area contributed by atoms with Crippen LogP contribution in [-0.2, 0) is 11.2 Å². The van der Waals surface area contributed by atoms with Gasteiger partial charge in [0.1, 0.15) is 11.9 Å². The van der Waals surface area contributed by atoms with Crippen molar-refractivity contribution < 1.29 is 9.18 Å². The first-order valence-corrected chi connectivity index (χ1v) is 10.9. The van der Waals surface area contributed by atoms with E-state index in [2.05, 4.69) is 28.6 Å². The third-order valence-corrected chi connectivity index (χ3v) is 7.92. The highest BCUT2D eigenvalue weighted by molar-refractivity contribution is 7.15. The van der Waals surface area contributed by atoms with Crippen molar-refractivity contribution >= 4 is 17.2 Å². The lowest BCUT2D eigenvalue weighted by molar-refractivity contribution is -0.124. The van der Waals surface area contributed by atoms with E-state index in [1.165, 1.54) is 17.4 Å². The summed E-state index contributed by atoms with van der Waals surface area (Å²) in [6.07, 6.45) is 2.95. The minimum atomic E-state index is -0.748. The highest BCUT2D eigenvalue weighted by Crippen LogP contribution is 2.64. The predicted octanol–water partition coefficient (Wildman–Crippen LogP) is 3.05. The first-order chi connectivity index (χ1) is 14.0. The van der Waals surface area contributed by atoms with Gasteiger partial charge in [-0.3, -0.25) is 4.79 Å². The summed E-state index contributed by atoms with van der Waals surface area (Å²) < 4.78 is 14.6. The van der Waals surface area contributed by atoms with Crippen LogP contribution in [0, 0.1) is 47.7 Å². The molecule has 5 rings (SSSR count). The van der Waals surface area contributed by atoms with Gasteiger partial charge in [0.15, 0.2) is 0 Å². The number of carbonyl (C=O) groups excluding carboxylic acids is 1. The minimum absolute atomic E-state index is 0.126. The first-order valence-electron chi connectivity index (χ1n) is 10.1. The fourth-order valence-electron chi connectivity index (χ4n) is 5.58. The Bertz CT molecular complexity index is 1010. The normalized spacial score (nSPS) is 32.5. The van der Waals surface area contributed by atoms with Crippen LogP contribution in [0.3, 0.4) is 0 Å². The van der Waals surface area contributed by atoms with Crippen LogP contribution in [0.1, 0.15) is 23.9 Å². The predicted molar refractivity (Wildman–Crippen MR) is 108 cm³/mol. The molecule has 2 saturated carbocycles. The summed E-state index contributed by atoms with van der Waals surface area (Å²) in [4.78, 5) is 17.9. The summed E-state index contributed by atoms with van der Waals surface area (Å²) in [6.45, 7) is 4.17. The van der Waals surface area contributed by atoms with Crippen molar-refractivity contribution in [1.82, 2.24) is 15.6 Å².